The molecule has 0 unspecified atom stereocenters. The molecule has 1 atom stereocenters. The van der Waals surface area contributed by atoms with Gasteiger partial charge in [0.15, 0.2) is 0 Å². The van der Waals surface area contributed by atoms with Gasteiger partial charge in [0, 0.05) is 19.6 Å². The van der Waals surface area contributed by atoms with Crippen molar-refractivity contribution in [3.8, 4) is 0 Å². The van der Waals surface area contributed by atoms with Crippen LogP contribution in [0.4, 0.5) is 4.79 Å². The Bertz CT molecular complexity index is 821. The Kier molecular flexibility index (Phi) is 8.22. The summed E-state index contributed by atoms with van der Waals surface area (Å²) >= 11 is 0. The Morgan fingerprint density at radius 2 is 1.80 bits per heavy atom. The van der Waals surface area contributed by atoms with E-state index in [-0.39, 0.29) is 26.3 Å². The summed E-state index contributed by atoms with van der Waals surface area (Å²) in [6, 6.07) is 8.81. The number of carbonyl (C=O) groups is 2. The summed E-state index contributed by atoms with van der Waals surface area (Å²) in [7, 11) is -3.67. The highest BCUT2D eigenvalue weighted by Crippen LogP contribution is 2.16. The molecule has 1 heterocycles. The van der Waals surface area contributed by atoms with Crippen molar-refractivity contribution in [2.75, 3.05) is 39.0 Å². The Morgan fingerprint density at radius 3 is 2.40 bits per heavy atom. The lowest BCUT2D eigenvalue weighted by Gasteiger charge is -2.40. The maximum absolute atomic E-state index is 12.4. The molecule has 0 aromatic heterocycles. The van der Waals surface area contributed by atoms with Crippen molar-refractivity contribution in [1.82, 2.24) is 9.80 Å². The van der Waals surface area contributed by atoms with Gasteiger partial charge >= 0.3 is 12.1 Å². The quantitative estimate of drug-likeness (QED) is 0.464. The van der Waals surface area contributed by atoms with Gasteiger partial charge in [0.1, 0.15) is 12.2 Å². The Balaban J connectivity index is 1.98. The van der Waals surface area contributed by atoms with Crippen molar-refractivity contribution >= 4 is 22.2 Å². The SMILES string of the molecule is CC(C)(C)OC(=O)N1CCN(CC(=O)OCc2ccccc2)[C@H](COS(C)(=O)=O)C1. The average molecular weight is 443 g/mol. The number of benzene rings is 1. The summed E-state index contributed by atoms with van der Waals surface area (Å²) in [6.45, 7) is 6.14. The normalized spacial score (nSPS) is 18.1. The number of nitrogens with zero attached hydrogens (tertiary/aromatic N) is 2. The van der Waals surface area contributed by atoms with Crippen LogP contribution >= 0.6 is 0 Å². The highest BCUT2D eigenvalue weighted by atomic mass is 32.2. The molecule has 10 heteroatoms. The topological polar surface area (TPSA) is 102 Å². The first-order chi connectivity index (χ1) is 13.9. The molecule has 2 rings (SSSR count). The third-order valence-electron chi connectivity index (χ3n) is 4.31. The van der Waals surface area contributed by atoms with Crippen molar-refractivity contribution in [1.29, 1.82) is 0 Å². The van der Waals surface area contributed by atoms with Crippen LogP contribution in [0.5, 0.6) is 0 Å². The van der Waals surface area contributed by atoms with Crippen LogP contribution in [-0.4, -0.2) is 81.0 Å². The van der Waals surface area contributed by atoms with Crippen LogP contribution in [0.2, 0.25) is 0 Å². The number of hydrogen-bond acceptors (Lipinski definition) is 8. The molecule has 9 nitrogen and oxygen atoms in total. The number of rotatable bonds is 7. The lowest BCUT2D eigenvalue weighted by Crippen LogP contribution is -2.58. The van der Waals surface area contributed by atoms with Crippen LogP contribution in [0.3, 0.4) is 0 Å². The van der Waals surface area contributed by atoms with Gasteiger partial charge in [-0.15, -0.1) is 0 Å². The first-order valence-electron chi connectivity index (χ1n) is 9.69. The maximum atomic E-state index is 12.4. The lowest BCUT2D eigenvalue weighted by molar-refractivity contribution is -0.147. The molecule has 1 aliphatic heterocycles. The molecule has 1 aliphatic rings. The van der Waals surface area contributed by atoms with Gasteiger partial charge in [-0.3, -0.25) is 13.9 Å². The first-order valence-corrected chi connectivity index (χ1v) is 11.5. The molecular weight excluding hydrogens is 412 g/mol. The molecule has 0 radical (unpaired) electrons. The number of piperazine rings is 1. The van der Waals surface area contributed by atoms with E-state index in [1.54, 1.807) is 25.7 Å². The van der Waals surface area contributed by atoms with Crippen molar-refractivity contribution in [2.45, 2.75) is 39.0 Å². The predicted molar refractivity (Wildman–Crippen MR) is 110 cm³/mol. The second-order valence-corrected chi connectivity index (χ2v) is 9.83. The van der Waals surface area contributed by atoms with E-state index in [9.17, 15) is 18.0 Å². The standard InChI is InChI=1S/C20H30N2O7S/c1-20(2,3)29-19(24)22-11-10-21(17(12-22)15-28-30(4,25)26)13-18(23)27-14-16-8-6-5-7-9-16/h5-9,17H,10-15H2,1-4H3/t17-/m0/s1. The molecule has 168 valence electrons. The number of esters is 1. The number of ether oxygens (including phenoxy) is 2. The molecule has 0 spiro atoms. The van der Waals surface area contributed by atoms with Crippen LogP contribution in [0, 0.1) is 0 Å². The van der Waals surface area contributed by atoms with Gasteiger partial charge in [0.25, 0.3) is 10.1 Å². The molecule has 1 saturated heterocycles. The van der Waals surface area contributed by atoms with Gasteiger partial charge in [-0.1, -0.05) is 30.3 Å². The molecule has 1 aromatic rings. The van der Waals surface area contributed by atoms with E-state index in [0.717, 1.165) is 11.8 Å². The van der Waals surface area contributed by atoms with E-state index >= 15 is 0 Å². The maximum Gasteiger partial charge on any atom is 0.410 e. The van der Waals surface area contributed by atoms with Gasteiger partial charge in [0.05, 0.1) is 25.4 Å². The number of amides is 1. The van der Waals surface area contributed by atoms with Crippen LogP contribution in [-0.2, 0) is 35.2 Å². The highest BCUT2D eigenvalue weighted by Gasteiger charge is 2.34. The highest BCUT2D eigenvalue weighted by molar-refractivity contribution is 7.85. The van der Waals surface area contributed by atoms with E-state index in [4.69, 9.17) is 13.7 Å². The van der Waals surface area contributed by atoms with Crippen LogP contribution in [0.1, 0.15) is 26.3 Å². The van der Waals surface area contributed by atoms with E-state index in [1.807, 2.05) is 30.3 Å². The molecule has 0 N–H and O–H groups in total. The Hall–Kier alpha value is -2.17. The largest absolute Gasteiger partial charge is 0.460 e. The number of carbonyl (C=O) groups excluding carboxylic acids is 2. The molecule has 30 heavy (non-hydrogen) atoms. The first kappa shape index (κ1) is 24.1. The Labute approximate surface area is 178 Å². The molecule has 1 fully saturated rings. The van der Waals surface area contributed by atoms with E-state index in [0.29, 0.717) is 13.1 Å². The fourth-order valence-corrected chi connectivity index (χ4v) is 3.31. The second kappa shape index (κ2) is 10.2. The van der Waals surface area contributed by atoms with Crippen molar-refractivity contribution in [2.24, 2.45) is 0 Å². The zero-order valence-electron chi connectivity index (χ0n) is 17.9. The van der Waals surface area contributed by atoms with E-state index in [1.165, 1.54) is 4.90 Å². The summed E-state index contributed by atoms with van der Waals surface area (Å²) in [4.78, 5) is 27.9. The summed E-state index contributed by atoms with van der Waals surface area (Å²) < 4.78 is 38.5. The van der Waals surface area contributed by atoms with Crippen molar-refractivity contribution < 1.29 is 31.7 Å². The van der Waals surface area contributed by atoms with Gasteiger partial charge in [-0.25, -0.2) is 4.79 Å². The summed E-state index contributed by atoms with van der Waals surface area (Å²) in [6.07, 6.45) is 0.470. The fourth-order valence-electron chi connectivity index (χ4n) is 2.90. The third kappa shape index (κ3) is 8.68. The second-order valence-electron chi connectivity index (χ2n) is 8.19. The van der Waals surface area contributed by atoms with Gasteiger partial charge in [-0.05, 0) is 26.3 Å². The monoisotopic (exact) mass is 442 g/mol. The molecule has 0 saturated carbocycles. The van der Waals surface area contributed by atoms with Crippen molar-refractivity contribution in [3.05, 3.63) is 35.9 Å². The number of hydrogen-bond donors (Lipinski definition) is 0. The van der Waals surface area contributed by atoms with Gasteiger partial charge in [0.2, 0.25) is 0 Å². The van der Waals surface area contributed by atoms with Crippen molar-refractivity contribution in [3.63, 3.8) is 0 Å². The molecule has 1 amide bonds. The average Bonchev–Trinajstić information content (AvgIpc) is 2.64. The smallest absolute Gasteiger partial charge is 0.410 e. The summed E-state index contributed by atoms with van der Waals surface area (Å²) in [5, 5.41) is 0. The summed E-state index contributed by atoms with van der Waals surface area (Å²) in [5.41, 5.74) is 0.228. The van der Waals surface area contributed by atoms with Crippen LogP contribution in [0.15, 0.2) is 30.3 Å². The third-order valence-corrected chi connectivity index (χ3v) is 4.87. The minimum Gasteiger partial charge on any atom is -0.460 e. The van der Waals surface area contributed by atoms with E-state index in [2.05, 4.69) is 0 Å². The zero-order chi connectivity index (χ0) is 22.4. The minimum absolute atomic E-state index is 0.0349. The minimum atomic E-state index is -3.67. The van der Waals surface area contributed by atoms with Crippen LogP contribution < -0.4 is 0 Å². The fraction of sp³-hybridized carbons (Fsp3) is 0.600. The van der Waals surface area contributed by atoms with Crippen LogP contribution in [0.25, 0.3) is 0 Å². The predicted octanol–water partition coefficient (Wildman–Crippen LogP) is 1.63. The van der Waals surface area contributed by atoms with Gasteiger partial charge < -0.3 is 14.4 Å². The molecule has 1 aromatic carbocycles. The van der Waals surface area contributed by atoms with E-state index < -0.39 is 33.8 Å². The lowest BCUT2D eigenvalue weighted by atomic mass is 10.1. The molecule has 0 bridgehead atoms. The van der Waals surface area contributed by atoms with Gasteiger partial charge in [-0.2, -0.15) is 8.42 Å². The summed E-state index contributed by atoms with van der Waals surface area (Å²) in [5.74, 6) is -0.436. The zero-order valence-corrected chi connectivity index (χ0v) is 18.7. The molecular formula is C20H30N2O7S. The Morgan fingerprint density at radius 1 is 1.13 bits per heavy atom. The molecule has 0 aliphatic carbocycles.